The number of benzene rings is 1. The Labute approximate surface area is 117 Å². The molecule has 2 rings (SSSR count). The van der Waals surface area contributed by atoms with E-state index in [0.29, 0.717) is 0 Å². The Morgan fingerprint density at radius 2 is 1.79 bits per heavy atom. The van der Waals surface area contributed by atoms with Crippen molar-refractivity contribution in [3.05, 3.63) is 47.5 Å². The molecule has 1 aromatic carbocycles. The van der Waals surface area contributed by atoms with Crippen molar-refractivity contribution in [2.24, 2.45) is 5.92 Å². The van der Waals surface area contributed by atoms with Crippen molar-refractivity contribution in [2.75, 3.05) is 7.11 Å². The van der Waals surface area contributed by atoms with Crippen molar-refractivity contribution in [1.82, 2.24) is 0 Å². The Morgan fingerprint density at radius 3 is 2.37 bits per heavy atom. The molecular weight excluding hydrogens is 232 g/mol. The molecule has 0 aromatic heterocycles. The van der Waals surface area contributed by atoms with E-state index < -0.39 is 0 Å². The van der Waals surface area contributed by atoms with Crippen molar-refractivity contribution >= 4 is 0 Å². The van der Waals surface area contributed by atoms with Gasteiger partial charge in [0.2, 0.25) is 0 Å². The molecule has 0 unspecified atom stereocenters. The van der Waals surface area contributed by atoms with E-state index >= 15 is 0 Å². The topological polar surface area (TPSA) is 9.23 Å². The molecule has 1 heteroatoms. The molecule has 1 aromatic rings. The zero-order chi connectivity index (χ0) is 13.5. The van der Waals surface area contributed by atoms with Gasteiger partial charge >= 0.3 is 0 Å². The van der Waals surface area contributed by atoms with Gasteiger partial charge in [0.05, 0.1) is 6.61 Å². The molecule has 0 saturated heterocycles. The molecule has 0 radical (unpaired) electrons. The molecule has 1 nitrogen and oxygen atoms in total. The Balaban J connectivity index is 1.88. The van der Waals surface area contributed by atoms with Crippen LogP contribution in [0.25, 0.3) is 0 Å². The first-order valence-corrected chi connectivity index (χ1v) is 7.58. The first kappa shape index (κ1) is 14.3. The van der Waals surface area contributed by atoms with E-state index in [1.54, 1.807) is 7.11 Å². The van der Waals surface area contributed by atoms with E-state index in [4.69, 9.17) is 4.74 Å². The first-order chi connectivity index (χ1) is 9.33. The van der Waals surface area contributed by atoms with Gasteiger partial charge in [-0.2, -0.15) is 0 Å². The number of hydrogen-bond donors (Lipinski definition) is 0. The Bertz CT molecular complexity index is 383. The molecule has 1 fully saturated rings. The number of ether oxygens (including phenoxy) is 1. The summed E-state index contributed by atoms with van der Waals surface area (Å²) in [5.41, 5.74) is 2.78. The van der Waals surface area contributed by atoms with Gasteiger partial charge in [0.1, 0.15) is 0 Å². The number of allylic oxidation sites excluding steroid dienone is 2. The summed E-state index contributed by atoms with van der Waals surface area (Å²) < 4.78 is 5.16. The van der Waals surface area contributed by atoms with Gasteiger partial charge in [-0.1, -0.05) is 43.3 Å². The summed E-state index contributed by atoms with van der Waals surface area (Å²) in [5, 5.41) is 0. The fraction of sp³-hybridized carbons (Fsp3) is 0.556. The Hall–Kier alpha value is -1.08. The second-order valence-corrected chi connectivity index (χ2v) is 5.62. The highest BCUT2D eigenvalue weighted by Gasteiger charge is 2.20. The second-order valence-electron chi connectivity index (χ2n) is 5.62. The molecule has 0 aliphatic heterocycles. The van der Waals surface area contributed by atoms with Crippen molar-refractivity contribution < 1.29 is 4.74 Å². The lowest BCUT2D eigenvalue weighted by atomic mass is 9.78. The van der Waals surface area contributed by atoms with E-state index in [9.17, 15) is 0 Å². The van der Waals surface area contributed by atoms with Crippen LogP contribution in [-0.4, -0.2) is 7.11 Å². The van der Waals surface area contributed by atoms with Crippen LogP contribution in [0.4, 0.5) is 0 Å². The van der Waals surface area contributed by atoms with Crippen LogP contribution in [0.3, 0.4) is 0 Å². The molecule has 0 spiro atoms. The summed E-state index contributed by atoms with van der Waals surface area (Å²) in [4.78, 5) is 0. The number of hydrogen-bond acceptors (Lipinski definition) is 1. The van der Waals surface area contributed by atoms with Crippen LogP contribution < -0.4 is 0 Å². The lowest BCUT2D eigenvalue weighted by Crippen LogP contribution is -2.11. The zero-order valence-corrected chi connectivity index (χ0v) is 12.3. The highest BCUT2D eigenvalue weighted by molar-refractivity contribution is 5.25. The average molecular weight is 258 g/mol. The van der Waals surface area contributed by atoms with Crippen LogP contribution in [0.2, 0.25) is 0 Å². The summed E-state index contributed by atoms with van der Waals surface area (Å²) in [6, 6.07) is 9.01. The van der Waals surface area contributed by atoms with E-state index in [0.717, 1.165) is 18.4 Å². The smallest absolute Gasteiger partial charge is 0.0713 e. The summed E-state index contributed by atoms with van der Waals surface area (Å²) in [7, 11) is 1.75. The third-order valence-electron chi connectivity index (χ3n) is 4.18. The predicted molar refractivity (Wildman–Crippen MR) is 81.3 cm³/mol. The summed E-state index contributed by atoms with van der Waals surface area (Å²) in [6.45, 7) is 2.93. The van der Waals surface area contributed by atoms with Crippen LogP contribution in [-0.2, 0) is 11.3 Å². The minimum atomic E-state index is 0.717. The lowest BCUT2D eigenvalue weighted by molar-refractivity contribution is 0.185. The van der Waals surface area contributed by atoms with Crippen molar-refractivity contribution in [2.45, 2.75) is 51.6 Å². The van der Waals surface area contributed by atoms with Gasteiger partial charge in [-0.15, -0.1) is 0 Å². The average Bonchev–Trinajstić information content (AvgIpc) is 2.47. The third-order valence-corrected chi connectivity index (χ3v) is 4.18. The highest BCUT2D eigenvalue weighted by atomic mass is 16.5. The SMILES string of the molecule is CCC=C[C@H]1CC[C@H](c2ccc(COC)cc2)CC1. The molecule has 1 aliphatic rings. The molecule has 19 heavy (non-hydrogen) atoms. The van der Waals surface area contributed by atoms with Gasteiger partial charge in [0.25, 0.3) is 0 Å². The van der Waals surface area contributed by atoms with Gasteiger partial charge in [0, 0.05) is 7.11 Å². The molecule has 104 valence electrons. The molecule has 1 saturated carbocycles. The van der Waals surface area contributed by atoms with Crippen molar-refractivity contribution in [3.63, 3.8) is 0 Å². The van der Waals surface area contributed by atoms with Crippen LogP contribution in [0.1, 0.15) is 56.1 Å². The summed E-state index contributed by atoms with van der Waals surface area (Å²) in [5.74, 6) is 1.59. The van der Waals surface area contributed by atoms with E-state index in [1.165, 1.54) is 43.2 Å². The summed E-state index contributed by atoms with van der Waals surface area (Å²) >= 11 is 0. The zero-order valence-electron chi connectivity index (χ0n) is 12.3. The normalized spacial score (nSPS) is 23.9. The van der Waals surface area contributed by atoms with E-state index in [-0.39, 0.29) is 0 Å². The second kappa shape index (κ2) is 7.49. The lowest BCUT2D eigenvalue weighted by Gasteiger charge is -2.27. The van der Waals surface area contributed by atoms with Gasteiger partial charge in [-0.3, -0.25) is 0 Å². The van der Waals surface area contributed by atoms with Crippen LogP contribution in [0.15, 0.2) is 36.4 Å². The molecule has 0 bridgehead atoms. The fourth-order valence-electron chi connectivity index (χ4n) is 3.03. The predicted octanol–water partition coefficient (Wildman–Crippen LogP) is 5.07. The first-order valence-electron chi connectivity index (χ1n) is 7.58. The maximum atomic E-state index is 5.16. The Morgan fingerprint density at radius 1 is 1.11 bits per heavy atom. The maximum Gasteiger partial charge on any atom is 0.0713 e. The standard InChI is InChI=1S/C18H26O/c1-3-4-5-15-6-10-17(11-7-15)18-12-8-16(9-13-18)14-19-2/h4-5,8-9,12-13,15,17H,3,6-7,10-11,14H2,1-2H3/t15-,17-. The van der Waals surface area contributed by atoms with Crippen LogP contribution in [0, 0.1) is 5.92 Å². The van der Waals surface area contributed by atoms with Crippen molar-refractivity contribution in [3.8, 4) is 0 Å². The van der Waals surface area contributed by atoms with E-state index in [1.807, 2.05) is 0 Å². The van der Waals surface area contributed by atoms with Gasteiger partial charge < -0.3 is 4.74 Å². The third kappa shape index (κ3) is 4.21. The molecule has 0 heterocycles. The number of rotatable bonds is 5. The van der Waals surface area contributed by atoms with Crippen molar-refractivity contribution in [1.29, 1.82) is 0 Å². The highest BCUT2D eigenvalue weighted by Crippen LogP contribution is 2.36. The van der Waals surface area contributed by atoms with Gasteiger partial charge in [0.15, 0.2) is 0 Å². The fourth-order valence-corrected chi connectivity index (χ4v) is 3.03. The molecule has 0 amide bonds. The monoisotopic (exact) mass is 258 g/mol. The molecule has 1 aliphatic carbocycles. The minimum Gasteiger partial charge on any atom is -0.380 e. The quantitative estimate of drug-likeness (QED) is 0.670. The largest absolute Gasteiger partial charge is 0.380 e. The molecule has 0 N–H and O–H groups in total. The summed E-state index contributed by atoms with van der Waals surface area (Å²) in [6.07, 6.45) is 11.3. The molecule has 0 atom stereocenters. The minimum absolute atomic E-state index is 0.717. The Kier molecular flexibility index (Phi) is 5.65. The molecular formula is C18H26O. The van der Waals surface area contributed by atoms with Gasteiger partial charge in [-0.25, -0.2) is 0 Å². The number of methoxy groups -OCH3 is 1. The van der Waals surface area contributed by atoms with Crippen LogP contribution in [0.5, 0.6) is 0 Å². The maximum absolute atomic E-state index is 5.16. The van der Waals surface area contributed by atoms with Gasteiger partial charge in [-0.05, 0) is 55.1 Å². The van der Waals surface area contributed by atoms with E-state index in [2.05, 4.69) is 43.3 Å². The van der Waals surface area contributed by atoms with Crippen LogP contribution >= 0.6 is 0 Å².